The lowest BCUT2D eigenvalue weighted by Crippen LogP contribution is -2.41. The van der Waals surface area contributed by atoms with E-state index in [0.717, 1.165) is 12.1 Å². The van der Waals surface area contributed by atoms with Gasteiger partial charge in [0.2, 0.25) is 0 Å². The summed E-state index contributed by atoms with van der Waals surface area (Å²) in [6, 6.07) is 8.13. The number of benzene rings is 1. The zero-order valence-corrected chi connectivity index (χ0v) is 14.9. The second kappa shape index (κ2) is 7.11. The van der Waals surface area contributed by atoms with E-state index in [1.54, 1.807) is 0 Å². The quantitative estimate of drug-likeness (QED) is 0.696. The van der Waals surface area contributed by atoms with Gasteiger partial charge >= 0.3 is 5.97 Å². The predicted octanol–water partition coefficient (Wildman–Crippen LogP) is 2.69. The lowest BCUT2D eigenvalue weighted by molar-refractivity contribution is -0.137. The van der Waals surface area contributed by atoms with Crippen LogP contribution >= 0.6 is 0 Å². The fourth-order valence-electron chi connectivity index (χ4n) is 3.67. The first-order chi connectivity index (χ1) is 11.1. The van der Waals surface area contributed by atoms with Crippen molar-refractivity contribution in [2.24, 2.45) is 0 Å². The molecule has 0 radical (unpaired) electrons. The van der Waals surface area contributed by atoms with E-state index in [1.165, 1.54) is 5.56 Å². The largest absolute Gasteiger partial charge is 0.481 e. The van der Waals surface area contributed by atoms with Crippen molar-refractivity contribution in [1.29, 1.82) is 0 Å². The smallest absolute Gasteiger partial charge is 0.303 e. The van der Waals surface area contributed by atoms with Gasteiger partial charge in [0, 0.05) is 30.1 Å². The van der Waals surface area contributed by atoms with E-state index in [1.807, 2.05) is 18.2 Å². The molecule has 0 fully saturated rings. The van der Waals surface area contributed by atoms with Crippen LogP contribution in [-0.2, 0) is 20.3 Å². The average Bonchev–Trinajstić information content (AvgIpc) is 2.68. The van der Waals surface area contributed by atoms with Gasteiger partial charge in [-0.1, -0.05) is 25.1 Å². The van der Waals surface area contributed by atoms with Crippen LogP contribution in [0.1, 0.15) is 45.1 Å². The van der Waals surface area contributed by atoms with Crippen molar-refractivity contribution in [3.05, 3.63) is 29.8 Å². The van der Waals surface area contributed by atoms with E-state index >= 15 is 0 Å². The summed E-state index contributed by atoms with van der Waals surface area (Å²) in [4.78, 5) is 13.0. The number of para-hydroxylation sites is 1. The Labute approximate surface area is 143 Å². The summed E-state index contributed by atoms with van der Waals surface area (Å²) in [6.45, 7) is 4.77. The molecule has 0 saturated heterocycles. The Hall–Kier alpha value is -1.60. The van der Waals surface area contributed by atoms with Crippen molar-refractivity contribution < 1.29 is 22.9 Å². The Morgan fingerprint density at radius 3 is 2.58 bits per heavy atom. The van der Waals surface area contributed by atoms with Crippen LogP contribution in [0.5, 0.6) is 0 Å². The molecule has 0 aliphatic carbocycles. The molecule has 6 nitrogen and oxygen atoms in total. The Bertz CT molecular complexity index is 703. The fourth-order valence-corrected chi connectivity index (χ4v) is 4.16. The molecule has 1 aliphatic heterocycles. The highest BCUT2D eigenvalue weighted by atomic mass is 32.2. The molecule has 0 bridgehead atoms. The van der Waals surface area contributed by atoms with E-state index in [9.17, 15) is 13.2 Å². The Morgan fingerprint density at radius 1 is 1.29 bits per heavy atom. The van der Waals surface area contributed by atoms with Gasteiger partial charge in [0.25, 0.3) is 10.1 Å². The molecule has 7 heteroatoms. The topological polar surface area (TPSA) is 94.9 Å². The van der Waals surface area contributed by atoms with Crippen LogP contribution < -0.4 is 4.90 Å². The molecule has 2 unspecified atom stereocenters. The van der Waals surface area contributed by atoms with Crippen molar-refractivity contribution >= 4 is 21.8 Å². The summed E-state index contributed by atoms with van der Waals surface area (Å²) in [7, 11) is -3.96. The number of fused-ring (bicyclic) bond motifs is 1. The Balaban J connectivity index is 2.18. The van der Waals surface area contributed by atoms with E-state index in [4.69, 9.17) is 9.66 Å². The molecular weight excluding hydrogens is 330 g/mol. The summed E-state index contributed by atoms with van der Waals surface area (Å²) in [5, 5.41) is 8.89. The standard InChI is InChI=1S/C17H25NO5S/c1-13-17(2,10-5-9-16(19)20)14-7-3-4-8-15(14)18(13)11-6-12-24(21,22)23/h3-4,7-8,13H,5-6,9-12H2,1-2H3,(H,19,20)(H,21,22,23). The molecule has 0 aromatic heterocycles. The Kier molecular flexibility index (Phi) is 5.55. The minimum Gasteiger partial charge on any atom is -0.481 e. The van der Waals surface area contributed by atoms with E-state index in [0.29, 0.717) is 19.4 Å². The highest BCUT2D eigenvalue weighted by Crippen LogP contribution is 2.47. The molecule has 2 atom stereocenters. The number of carboxylic acids is 1. The van der Waals surface area contributed by atoms with Crippen LogP contribution in [0.3, 0.4) is 0 Å². The third kappa shape index (κ3) is 4.08. The van der Waals surface area contributed by atoms with Gasteiger partial charge in [-0.2, -0.15) is 8.42 Å². The molecule has 0 amide bonds. The van der Waals surface area contributed by atoms with E-state index < -0.39 is 16.1 Å². The summed E-state index contributed by atoms with van der Waals surface area (Å²) >= 11 is 0. The zero-order valence-electron chi connectivity index (χ0n) is 14.1. The number of rotatable bonds is 8. The molecule has 0 spiro atoms. The maximum atomic E-state index is 10.9. The maximum Gasteiger partial charge on any atom is 0.303 e. The van der Waals surface area contributed by atoms with Crippen LogP contribution in [0.2, 0.25) is 0 Å². The molecule has 1 heterocycles. The van der Waals surface area contributed by atoms with Gasteiger partial charge in [-0.3, -0.25) is 9.35 Å². The summed E-state index contributed by atoms with van der Waals surface area (Å²) < 4.78 is 30.8. The van der Waals surface area contributed by atoms with Crippen molar-refractivity contribution in [3.8, 4) is 0 Å². The third-order valence-corrected chi connectivity index (χ3v) is 5.91. The normalized spacial score (nSPS) is 23.3. The molecule has 24 heavy (non-hydrogen) atoms. The van der Waals surface area contributed by atoms with E-state index in [2.05, 4.69) is 24.8 Å². The minimum atomic E-state index is -3.96. The molecule has 1 aliphatic rings. The lowest BCUT2D eigenvalue weighted by atomic mass is 9.75. The van der Waals surface area contributed by atoms with Gasteiger partial charge in [-0.15, -0.1) is 0 Å². The van der Waals surface area contributed by atoms with Crippen molar-refractivity contribution in [2.75, 3.05) is 17.2 Å². The molecule has 2 rings (SSSR count). The van der Waals surface area contributed by atoms with Gasteiger partial charge in [0.05, 0.1) is 5.75 Å². The van der Waals surface area contributed by atoms with Crippen LogP contribution in [0.4, 0.5) is 5.69 Å². The van der Waals surface area contributed by atoms with Crippen molar-refractivity contribution in [3.63, 3.8) is 0 Å². The summed E-state index contributed by atoms with van der Waals surface area (Å²) in [5.41, 5.74) is 2.07. The van der Waals surface area contributed by atoms with Gasteiger partial charge in [-0.25, -0.2) is 0 Å². The van der Waals surface area contributed by atoms with Gasteiger partial charge in [0.15, 0.2) is 0 Å². The SMILES string of the molecule is CC1N(CCCS(=O)(=O)O)c2ccccc2C1(C)CCCC(=O)O. The first-order valence-electron chi connectivity index (χ1n) is 8.18. The molecule has 0 saturated carbocycles. The van der Waals surface area contributed by atoms with Gasteiger partial charge in [0.1, 0.15) is 0 Å². The second-order valence-corrected chi connectivity index (χ2v) is 8.26. The van der Waals surface area contributed by atoms with Crippen molar-refractivity contribution in [1.82, 2.24) is 0 Å². The minimum absolute atomic E-state index is 0.130. The third-order valence-electron chi connectivity index (χ3n) is 5.11. The van der Waals surface area contributed by atoms with Crippen LogP contribution in [0.25, 0.3) is 0 Å². The number of nitrogens with zero attached hydrogens (tertiary/aromatic N) is 1. The first kappa shape index (κ1) is 18.7. The number of anilines is 1. The monoisotopic (exact) mass is 355 g/mol. The number of hydrogen-bond donors (Lipinski definition) is 2. The average molecular weight is 355 g/mol. The predicted molar refractivity (Wildman–Crippen MR) is 93.1 cm³/mol. The van der Waals surface area contributed by atoms with Gasteiger partial charge < -0.3 is 10.0 Å². The molecule has 1 aromatic rings. The van der Waals surface area contributed by atoms with Crippen LogP contribution in [-0.4, -0.2) is 42.4 Å². The van der Waals surface area contributed by atoms with E-state index in [-0.39, 0.29) is 23.6 Å². The second-order valence-electron chi connectivity index (χ2n) is 6.69. The fraction of sp³-hybridized carbons (Fsp3) is 0.588. The zero-order chi connectivity index (χ0) is 18.0. The summed E-state index contributed by atoms with van der Waals surface area (Å²) in [6.07, 6.45) is 1.85. The van der Waals surface area contributed by atoms with Gasteiger partial charge in [-0.05, 0) is 37.8 Å². The first-order valence-corrected chi connectivity index (χ1v) is 9.79. The molecular formula is C17H25NO5S. The molecule has 1 aromatic carbocycles. The lowest BCUT2D eigenvalue weighted by Gasteiger charge is -2.34. The number of carboxylic acid groups (broad SMARTS) is 1. The van der Waals surface area contributed by atoms with Crippen LogP contribution in [0, 0.1) is 0 Å². The van der Waals surface area contributed by atoms with Crippen molar-refractivity contribution in [2.45, 2.75) is 51.0 Å². The summed E-state index contributed by atoms with van der Waals surface area (Å²) in [5.74, 6) is -1.05. The highest BCUT2D eigenvalue weighted by Gasteiger charge is 2.44. The Morgan fingerprint density at radius 2 is 1.96 bits per heavy atom. The highest BCUT2D eigenvalue weighted by molar-refractivity contribution is 7.85. The number of aliphatic carboxylic acids is 1. The molecule has 2 N–H and O–H groups in total. The molecule has 134 valence electrons. The number of carbonyl (C=O) groups is 1. The van der Waals surface area contributed by atoms with Crippen LogP contribution in [0.15, 0.2) is 24.3 Å². The number of hydrogen-bond acceptors (Lipinski definition) is 4. The maximum absolute atomic E-state index is 10.9.